The fourth-order valence-corrected chi connectivity index (χ4v) is 2.04. The normalized spacial score (nSPS) is 12.4. The van der Waals surface area contributed by atoms with Crippen molar-refractivity contribution in [1.29, 1.82) is 0 Å². The Bertz CT molecular complexity index is 282. The Kier molecular flexibility index (Phi) is 11.1. The van der Waals surface area contributed by atoms with Gasteiger partial charge in [0.1, 0.15) is 6.04 Å². The maximum Gasteiger partial charge on any atom is 0.323 e. The summed E-state index contributed by atoms with van der Waals surface area (Å²) in [5.41, 5.74) is 5.19. The monoisotopic (exact) mass is 286 g/mol. The van der Waals surface area contributed by atoms with Crippen LogP contribution >= 0.6 is 0 Å². The summed E-state index contributed by atoms with van der Waals surface area (Å²) >= 11 is 0. The molecule has 0 aliphatic heterocycles. The van der Waals surface area contributed by atoms with Gasteiger partial charge < -0.3 is 10.5 Å². The van der Waals surface area contributed by atoms with Crippen LogP contribution in [0.1, 0.15) is 59.3 Å². The van der Waals surface area contributed by atoms with E-state index < -0.39 is 0 Å². The number of ether oxygens (including phenoxy) is 1. The number of unbranched alkanes of at least 4 members (excludes halogenated alkanes) is 2. The van der Waals surface area contributed by atoms with Crippen molar-refractivity contribution in [2.24, 2.45) is 5.73 Å². The minimum atomic E-state index is -0.372. The molecule has 0 aromatic carbocycles. The van der Waals surface area contributed by atoms with E-state index in [1.54, 1.807) is 0 Å². The van der Waals surface area contributed by atoms with Crippen molar-refractivity contribution in [2.75, 3.05) is 19.7 Å². The van der Waals surface area contributed by atoms with Crippen molar-refractivity contribution in [1.82, 2.24) is 4.90 Å². The van der Waals surface area contributed by atoms with E-state index in [0.29, 0.717) is 13.0 Å². The standard InChI is InChI=1S/C15H30N2O3/c1-4-7-11-17(6-3)13(9-10-14(16)18)15(19)20-12-8-5-2/h13H,4-12H2,1-3H3,(H2,16,18)/t13-/m0/s1. The smallest absolute Gasteiger partial charge is 0.323 e. The Labute approximate surface area is 122 Å². The van der Waals surface area contributed by atoms with Gasteiger partial charge in [0.05, 0.1) is 6.61 Å². The number of nitrogens with zero attached hydrogens (tertiary/aromatic N) is 1. The molecule has 0 aliphatic rings. The lowest BCUT2D eigenvalue weighted by Crippen LogP contribution is -2.43. The topological polar surface area (TPSA) is 72.6 Å². The third-order valence-electron chi connectivity index (χ3n) is 3.32. The van der Waals surface area contributed by atoms with Crippen molar-refractivity contribution in [3.63, 3.8) is 0 Å². The molecule has 0 aliphatic carbocycles. The van der Waals surface area contributed by atoms with Gasteiger partial charge in [0.25, 0.3) is 0 Å². The summed E-state index contributed by atoms with van der Waals surface area (Å²) < 4.78 is 5.31. The first-order valence-corrected chi connectivity index (χ1v) is 7.75. The van der Waals surface area contributed by atoms with E-state index in [2.05, 4.69) is 18.7 Å². The molecule has 0 radical (unpaired) electrons. The number of rotatable bonds is 12. The van der Waals surface area contributed by atoms with Crippen molar-refractivity contribution in [2.45, 2.75) is 65.3 Å². The average molecular weight is 286 g/mol. The van der Waals surface area contributed by atoms with Crippen LogP contribution in [0.2, 0.25) is 0 Å². The highest BCUT2D eigenvalue weighted by Crippen LogP contribution is 2.11. The van der Waals surface area contributed by atoms with Gasteiger partial charge in [0.2, 0.25) is 5.91 Å². The van der Waals surface area contributed by atoms with E-state index in [1.165, 1.54) is 0 Å². The zero-order valence-corrected chi connectivity index (χ0v) is 13.2. The first-order valence-electron chi connectivity index (χ1n) is 7.75. The number of hydrogen-bond acceptors (Lipinski definition) is 4. The molecule has 0 fully saturated rings. The molecule has 1 amide bonds. The molecule has 0 spiro atoms. The average Bonchev–Trinajstić information content (AvgIpc) is 2.42. The summed E-state index contributed by atoms with van der Waals surface area (Å²) in [6, 6.07) is -0.351. The molecule has 0 saturated heterocycles. The molecule has 0 rings (SSSR count). The van der Waals surface area contributed by atoms with Crippen molar-refractivity contribution >= 4 is 11.9 Å². The summed E-state index contributed by atoms with van der Waals surface area (Å²) in [5, 5.41) is 0. The van der Waals surface area contributed by atoms with Gasteiger partial charge in [0.15, 0.2) is 0 Å². The van der Waals surface area contributed by atoms with E-state index in [1.807, 2.05) is 6.92 Å². The number of carbonyl (C=O) groups excluding carboxylic acids is 2. The van der Waals surface area contributed by atoms with Crippen molar-refractivity contribution in [3.8, 4) is 0 Å². The van der Waals surface area contributed by atoms with Gasteiger partial charge in [-0.25, -0.2) is 0 Å². The first-order chi connectivity index (χ1) is 9.56. The van der Waals surface area contributed by atoms with E-state index in [9.17, 15) is 9.59 Å². The highest BCUT2D eigenvalue weighted by molar-refractivity contribution is 5.78. The molecule has 0 saturated carbocycles. The van der Waals surface area contributed by atoms with Gasteiger partial charge in [0, 0.05) is 6.42 Å². The van der Waals surface area contributed by atoms with E-state index >= 15 is 0 Å². The summed E-state index contributed by atoms with van der Waals surface area (Å²) in [4.78, 5) is 25.2. The highest BCUT2D eigenvalue weighted by Gasteiger charge is 2.26. The van der Waals surface area contributed by atoms with Crippen LogP contribution in [0.5, 0.6) is 0 Å². The third-order valence-corrected chi connectivity index (χ3v) is 3.32. The summed E-state index contributed by atoms with van der Waals surface area (Å²) in [7, 11) is 0. The fraction of sp³-hybridized carbons (Fsp3) is 0.867. The Balaban J connectivity index is 4.57. The Hall–Kier alpha value is -1.10. The van der Waals surface area contributed by atoms with Crippen LogP contribution in [0.25, 0.3) is 0 Å². The molecule has 0 bridgehead atoms. The lowest BCUT2D eigenvalue weighted by Gasteiger charge is -2.28. The number of carbonyl (C=O) groups is 2. The molecule has 2 N–H and O–H groups in total. The molecule has 0 unspecified atom stereocenters. The van der Waals surface area contributed by atoms with Crippen molar-refractivity contribution < 1.29 is 14.3 Å². The fourth-order valence-electron chi connectivity index (χ4n) is 2.04. The molecule has 0 aromatic rings. The lowest BCUT2D eigenvalue weighted by atomic mass is 10.1. The first kappa shape index (κ1) is 18.9. The summed E-state index contributed by atoms with van der Waals surface area (Å²) in [5.74, 6) is -0.597. The van der Waals surface area contributed by atoms with Gasteiger partial charge in [-0.2, -0.15) is 0 Å². The Morgan fingerprint density at radius 3 is 2.30 bits per heavy atom. The van der Waals surface area contributed by atoms with Crippen LogP contribution in [0.3, 0.4) is 0 Å². The Morgan fingerprint density at radius 2 is 1.80 bits per heavy atom. The predicted octanol–water partition coefficient (Wildman–Crippen LogP) is 2.09. The number of primary amides is 1. The molecule has 5 heteroatoms. The molecule has 20 heavy (non-hydrogen) atoms. The van der Waals surface area contributed by atoms with E-state index in [-0.39, 0.29) is 24.3 Å². The number of esters is 1. The van der Waals surface area contributed by atoms with Gasteiger partial charge in [-0.3, -0.25) is 14.5 Å². The third kappa shape index (κ3) is 8.15. The maximum absolute atomic E-state index is 12.2. The van der Waals surface area contributed by atoms with Gasteiger partial charge in [-0.15, -0.1) is 0 Å². The van der Waals surface area contributed by atoms with Crippen LogP contribution in [0, 0.1) is 0 Å². The largest absolute Gasteiger partial charge is 0.465 e. The van der Waals surface area contributed by atoms with Gasteiger partial charge in [-0.1, -0.05) is 33.6 Å². The zero-order valence-electron chi connectivity index (χ0n) is 13.2. The molecule has 0 aromatic heterocycles. The molecule has 118 valence electrons. The Morgan fingerprint density at radius 1 is 1.15 bits per heavy atom. The lowest BCUT2D eigenvalue weighted by molar-refractivity contribution is -0.150. The van der Waals surface area contributed by atoms with Crippen LogP contribution in [-0.4, -0.2) is 42.5 Å². The van der Waals surface area contributed by atoms with Crippen LogP contribution in [0.15, 0.2) is 0 Å². The SMILES string of the molecule is CCCCOC(=O)[C@H](CCC(N)=O)N(CC)CCCC. The predicted molar refractivity (Wildman–Crippen MR) is 80.2 cm³/mol. The van der Waals surface area contributed by atoms with Crippen LogP contribution < -0.4 is 5.73 Å². The van der Waals surface area contributed by atoms with E-state index in [4.69, 9.17) is 10.5 Å². The summed E-state index contributed by atoms with van der Waals surface area (Å²) in [6.07, 6.45) is 4.63. The highest BCUT2D eigenvalue weighted by atomic mass is 16.5. The van der Waals surface area contributed by atoms with Crippen LogP contribution in [0.4, 0.5) is 0 Å². The molecule has 0 heterocycles. The second-order valence-electron chi connectivity index (χ2n) is 5.02. The quantitative estimate of drug-likeness (QED) is 0.440. The number of nitrogens with two attached hydrogens (primary N) is 1. The molecular formula is C15H30N2O3. The van der Waals surface area contributed by atoms with Gasteiger partial charge in [-0.05, 0) is 32.4 Å². The maximum atomic E-state index is 12.2. The summed E-state index contributed by atoms with van der Waals surface area (Å²) in [6.45, 7) is 8.26. The van der Waals surface area contributed by atoms with Gasteiger partial charge >= 0.3 is 5.97 Å². The minimum Gasteiger partial charge on any atom is -0.465 e. The second kappa shape index (κ2) is 11.7. The van der Waals surface area contributed by atoms with Crippen LogP contribution in [-0.2, 0) is 14.3 Å². The number of hydrogen-bond donors (Lipinski definition) is 1. The number of likely N-dealkylation sites (N-methyl/N-ethyl adjacent to an activating group) is 1. The minimum absolute atomic E-state index is 0.218. The molecule has 1 atom stereocenters. The van der Waals surface area contributed by atoms with Crippen molar-refractivity contribution in [3.05, 3.63) is 0 Å². The second-order valence-corrected chi connectivity index (χ2v) is 5.02. The van der Waals surface area contributed by atoms with E-state index in [0.717, 1.165) is 38.8 Å². The molecule has 5 nitrogen and oxygen atoms in total. The number of amides is 1. The zero-order chi connectivity index (χ0) is 15.4. The molecular weight excluding hydrogens is 256 g/mol.